The average molecular weight is 484 g/mol. The van der Waals surface area contributed by atoms with Crippen LogP contribution in [0.25, 0.3) is 21.7 Å². The molecule has 1 atom stereocenters. The summed E-state index contributed by atoms with van der Waals surface area (Å²) in [6.07, 6.45) is 3.06. The van der Waals surface area contributed by atoms with E-state index in [2.05, 4.69) is 15.2 Å². The zero-order chi connectivity index (χ0) is 24.0. The van der Waals surface area contributed by atoms with Crippen LogP contribution in [-0.4, -0.2) is 52.8 Å². The lowest BCUT2D eigenvalue weighted by Gasteiger charge is -2.31. The van der Waals surface area contributed by atoms with Gasteiger partial charge in [-0.15, -0.1) is 10.2 Å². The molecule has 5 rings (SSSR count). The van der Waals surface area contributed by atoms with E-state index in [1.807, 2.05) is 0 Å². The molecule has 3 aromatic heterocycles. The van der Waals surface area contributed by atoms with Crippen molar-refractivity contribution in [3.05, 3.63) is 62.3 Å². The molecule has 0 aliphatic carbocycles. The number of likely N-dealkylation sites (tertiary alicyclic amines) is 1. The lowest BCUT2D eigenvalue weighted by atomic mass is 9.99. The van der Waals surface area contributed by atoms with Crippen LogP contribution in [0.1, 0.15) is 23.8 Å². The second-order valence-electron chi connectivity index (χ2n) is 8.35. The van der Waals surface area contributed by atoms with Gasteiger partial charge in [0.1, 0.15) is 17.4 Å². The number of aromatic nitrogens is 6. The minimum absolute atomic E-state index is 0.00365. The van der Waals surface area contributed by atoms with Crippen LogP contribution in [-0.2, 0) is 25.4 Å². The topological polar surface area (TPSA) is 108 Å². The summed E-state index contributed by atoms with van der Waals surface area (Å²) in [6.45, 7) is 0.999. The Morgan fingerprint density at radius 3 is 2.76 bits per heavy atom. The molecule has 1 amide bonds. The van der Waals surface area contributed by atoms with E-state index in [1.165, 1.54) is 47.0 Å². The number of imidazole rings is 1. The van der Waals surface area contributed by atoms with E-state index in [0.717, 1.165) is 22.4 Å². The molecule has 176 valence electrons. The molecule has 4 heterocycles. The fraction of sp³-hybridized carbons (Fsp3) is 0.364. The number of piperidine rings is 1. The molecule has 0 radical (unpaired) electrons. The Labute approximate surface area is 196 Å². The lowest BCUT2D eigenvalue weighted by Crippen LogP contribution is -2.41. The maximum atomic E-state index is 14.1. The second kappa shape index (κ2) is 8.60. The highest BCUT2D eigenvalue weighted by Crippen LogP contribution is 2.33. The predicted octanol–water partition coefficient (Wildman–Crippen LogP) is 1.50. The van der Waals surface area contributed by atoms with E-state index in [0.29, 0.717) is 23.7 Å². The van der Waals surface area contributed by atoms with Gasteiger partial charge in [-0.25, -0.2) is 14.2 Å². The highest BCUT2D eigenvalue weighted by Gasteiger charge is 2.28. The first-order valence-electron chi connectivity index (χ1n) is 10.8. The zero-order valence-electron chi connectivity index (χ0n) is 18.6. The molecule has 0 bridgehead atoms. The number of halogens is 1. The first-order valence-corrected chi connectivity index (χ1v) is 11.6. The van der Waals surface area contributed by atoms with Crippen molar-refractivity contribution >= 4 is 28.4 Å². The number of carbonyl (C=O) groups excluding carboxylic acids is 1. The van der Waals surface area contributed by atoms with Gasteiger partial charge in [-0.1, -0.05) is 23.5 Å². The third-order valence-electron chi connectivity index (χ3n) is 6.19. The molecular formula is C22H22FN7O3S. The van der Waals surface area contributed by atoms with Gasteiger partial charge in [-0.05, 0) is 25.0 Å². The van der Waals surface area contributed by atoms with E-state index in [-0.39, 0.29) is 35.4 Å². The van der Waals surface area contributed by atoms with Gasteiger partial charge < -0.3 is 9.47 Å². The van der Waals surface area contributed by atoms with E-state index < -0.39 is 11.2 Å². The van der Waals surface area contributed by atoms with Crippen molar-refractivity contribution in [1.82, 2.24) is 33.8 Å². The highest BCUT2D eigenvalue weighted by molar-refractivity contribution is 7.14. The van der Waals surface area contributed by atoms with Gasteiger partial charge in [0.05, 0.1) is 6.33 Å². The Balaban J connectivity index is 1.35. The number of amides is 1. The molecule has 0 N–H and O–H groups in total. The number of benzene rings is 1. The number of nitrogens with zero attached hydrogens (tertiary/aromatic N) is 7. The van der Waals surface area contributed by atoms with Crippen LogP contribution in [0.2, 0.25) is 0 Å². The number of carbonyl (C=O) groups is 1. The minimum atomic E-state index is -0.491. The van der Waals surface area contributed by atoms with Crippen molar-refractivity contribution in [3.8, 4) is 10.6 Å². The summed E-state index contributed by atoms with van der Waals surface area (Å²) in [6, 6.07) is 6.45. The van der Waals surface area contributed by atoms with Crippen LogP contribution >= 0.6 is 11.3 Å². The van der Waals surface area contributed by atoms with Crippen molar-refractivity contribution in [2.45, 2.75) is 25.3 Å². The van der Waals surface area contributed by atoms with E-state index in [1.54, 1.807) is 23.1 Å². The average Bonchev–Trinajstić information content (AvgIpc) is 3.50. The molecule has 1 aliphatic heterocycles. The molecule has 4 aromatic rings. The van der Waals surface area contributed by atoms with Crippen molar-refractivity contribution in [3.63, 3.8) is 0 Å². The Morgan fingerprint density at radius 1 is 1.18 bits per heavy atom. The quantitative estimate of drug-likeness (QED) is 0.435. The molecule has 1 saturated heterocycles. The van der Waals surface area contributed by atoms with Crippen LogP contribution in [0, 0.1) is 5.82 Å². The molecule has 34 heavy (non-hydrogen) atoms. The third kappa shape index (κ3) is 3.73. The highest BCUT2D eigenvalue weighted by atomic mass is 32.1. The fourth-order valence-electron chi connectivity index (χ4n) is 4.31. The molecule has 0 unspecified atom stereocenters. The van der Waals surface area contributed by atoms with Crippen molar-refractivity contribution in [2.24, 2.45) is 14.1 Å². The monoisotopic (exact) mass is 483 g/mol. The molecule has 0 spiro atoms. The van der Waals surface area contributed by atoms with Crippen molar-refractivity contribution < 1.29 is 9.18 Å². The van der Waals surface area contributed by atoms with Gasteiger partial charge in [0.25, 0.3) is 5.56 Å². The summed E-state index contributed by atoms with van der Waals surface area (Å²) in [5.41, 5.74) is -0.0933. The fourth-order valence-corrected chi connectivity index (χ4v) is 5.31. The molecule has 12 heteroatoms. The Kier molecular flexibility index (Phi) is 5.60. The summed E-state index contributed by atoms with van der Waals surface area (Å²) >= 11 is 1.34. The number of rotatable bonds is 4. The number of aryl methyl sites for hydroxylation is 1. The standard InChI is InChI=1S/C22H22FN7O3S/c1-27-18-17(21(32)28(2)22(27)33)30(12-24-18)11-16(31)29-9-5-6-13(10-29)19-25-26-20(34-19)14-7-3-4-8-15(14)23/h3-4,7-8,12-13H,5-6,9-11H2,1-2H3/t13-/m1/s1. The first kappa shape index (κ1) is 22.1. The molecule has 1 aromatic carbocycles. The summed E-state index contributed by atoms with van der Waals surface area (Å²) in [5.74, 6) is -0.496. The van der Waals surface area contributed by atoms with Gasteiger partial charge in [0, 0.05) is 38.7 Å². The van der Waals surface area contributed by atoms with Crippen molar-refractivity contribution in [2.75, 3.05) is 13.1 Å². The van der Waals surface area contributed by atoms with Gasteiger partial charge in [-0.3, -0.25) is 18.7 Å². The largest absolute Gasteiger partial charge is 0.340 e. The Bertz CT molecular complexity index is 1520. The third-order valence-corrected chi connectivity index (χ3v) is 7.31. The first-order chi connectivity index (χ1) is 16.3. The lowest BCUT2D eigenvalue weighted by molar-refractivity contribution is -0.133. The van der Waals surface area contributed by atoms with Crippen LogP contribution in [0.4, 0.5) is 4.39 Å². The van der Waals surface area contributed by atoms with Crippen LogP contribution in [0.5, 0.6) is 0 Å². The number of hydrogen-bond acceptors (Lipinski definition) is 7. The predicted molar refractivity (Wildman–Crippen MR) is 124 cm³/mol. The summed E-state index contributed by atoms with van der Waals surface area (Å²) < 4.78 is 17.9. The molecular weight excluding hydrogens is 461 g/mol. The molecule has 10 nitrogen and oxygen atoms in total. The minimum Gasteiger partial charge on any atom is -0.340 e. The second-order valence-corrected chi connectivity index (χ2v) is 9.36. The Morgan fingerprint density at radius 2 is 1.97 bits per heavy atom. The van der Waals surface area contributed by atoms with Crippen molar-refractivity contribution in [1.29, 1.82) is 0 Å². The normalized spacial score (nSPS) is 16.3. The molecule has 1 aliphatic rings. The van der Waals surface area contributed by atoms with E-state index in [4.69, 9.17) is 0 Å². The van der Waals surface area contributed by atoms with Crippen LogP contribution < -0.4 is 11.2 Å². The Hall–Kier alpha value is -3.67. The number of fused-ring (bicyclic) bond motifs is 1. The van der Waals surface area contributed by atoms with Gasteiger partial charge >= 0.3 is 5.69 Å². The maximum absolute atomic E-state index is 14.1. The summed E-state index contributed by atoms with van der Waals surface area (Å²) in [4.78, 5) is 43.8. The van der Waals surface area contributed by atoms with Gasteiger partial charge in [0.15, 0.2) is 16.2 Å². The zero-order valence-corrected chi connectivity index (χ0v) is 19.5. The van der Waals surface area contributed by atoms with E-state index >= 15 is 0 Å². The number of hydrogen-bond donors (Lipinski definition) is 0. The van der Waals surface area contributed by atoms with Crippen LogP contribution in [0.15, 0.2) is 40.2 Å². The smallest absolute Gasteiger partial charge is 0.332 e. The molecule has 1 fully saturated rings. The SMILES string of the molecule is Cn1c(=O)c2c(ncn2CC(=O)N2CCC[C@@H](c3nnc(-c4ccccc4F)s3)C2)n(C)c1=O. The van der Waals surface area contributed by atoms with Gasteiger partial charge in [-0.2, -0.15) is 0 Å². The van der Waals surface area contributed by atoms with Gasteiger partial charge in [0.2, 0.25) is 5.91 Å². The summed E-state index contributed by atoms with van der Waals surface area (Å²) in [7, 11) is 2.94. The van der Waals surface area contributed by atoms with Crippen LogP contribution in [0.3, 0.4) is 0 Å². The summed E-state index contributed by atoms with van der Waals surface area (Å²) in [5, 5.41) is 9.74. The molecule has 0 saturated carbocycles. The van der Waals surface area contributed by atoms with E-state index in [9.17, 15) is 18.8 Å². The maximum Gasteiger partial charge on any atom is 0.332 e.